The van der Waals surface area contributed by atoms with Gasteiger partial charge in [-0.15, -0.1) is 0 Å². The molecule has 1 saturated heterocycles. The molecule has 7 nitrogen and oxygen atoms in total. The van der Waals surface area contributed by atoms with Gasteiger partial charge in [0.15, 0.2) is 11.5 Å². The van der Waals surface area contributed by atoms with Crippen LogP contribution < -0.4 is 19.5 Å². The van der Waals surface area contributed by atoms with Gasteiger partial charge in [0.2, 0.25) is 17.6 Å². The summed E-state index contributed by atoms with van der Waals surface area (Å²) in [6, 6.07) is 12.7. The van der Waals surface area contributed by atoms with E-state index < -0.39 is 6.04 Å². The SMILES string of the molecule is COc1cc(CNC(=O)C2CCCN2C(=O)Cc2ccccc2)cc(OC)c1OC. The summed E-state index contributed by atoms with van der Waals surface area (Å²) in [5.41, 5.74) is 1.77. The van der Waals surface area contributed by atoms with E-state index in [1.807, 2.05) is 30.3 Å². The summed E-state index contributed by atoms with van der Waals surface area (Å²) in [6.45, 7) is 0.903. The molecule has 2 amide bonds. The van der Waals surface area contributed by atoms with Crippen LogP contribution in [0.15, 0.2) is 42.5 Å². The van der Waals surface area contributed by atoms with E-state index in [1.54, 1.807) is 38.4 Å². The number of ether oxygens (including phenoxy) is 3. The molecule has 1 fully saturated rings. The maximum Gasteiger partial charge on any atom is 0.243 e. The number of hydrogen-bond acceptors (Lipinski definition) is 5. The number of nitrogens with one attached hydrogen (secondary N) is 1. The predicted molar refractivity (Wildman–Crippen MR) is 113 cm³/mol. The zero-order valence-electron chi connectivity index (χ0n) is 17.6. The maximum absolute atomic E-state index is 12.8. The van der Waals surface area contributed by atoms with Gasteiger partial charge in [-0.3, -0.25) is 9.59 Å². The lowest BCUT2D eigenvalue weighted by molar-refractivity contribution is -0.138. The second-order valence-electron chi connectivity index (χ2n) is 7.16. The first-order chi connectivity index (χ1) is 14.6. The van der Waals surface area contributed by atoms with Crippen LogP contribution in [0.2, 0.25) is 0 Å². The number of benzene rings is 2. The minimum Gasteiger partial charge on any atom is -0.493 e. The van der Waals surface area contributed by atoms with E-state index in [0.29, 0.717) is 43.2 Å². The van der Waals surface area contributed by atoms with Crippen LogP contribution in [0.25, 0.3) is 0 Å². The Labute approximate surface area is 176 Å². The minimum absolute atomic E-state index is 0.0216. The Hall–Kier alpha value is -3.22. The lowest BCUT2D eigenvalue weighted by atomic mass is 10.1. The summed E-state index contributed by atoms with van der Waals surface area (Å²) >= 11 is 0. The number of likely N-dealkylation sites (tertiary alicyclic amines) is 1. The van der Waals surface area contributed by atoms with Gasteiger partial charge >= 0.3 is 0 Å². The van der Waals surface area contributed by atoms with Crippen molar-refractivity contribution in [2.45, 2.75) is 31.8 Å². The van der Waals surface area contributed by atoms with Gasteiger partial charge in [0, 0.05) is 13.1 Å². The summed E-state index contributed by atoms with van der Waals surface area (Å²) < 4.78 is 16.0. The van der Waals surface area contributed by atoms with Crippen LogP contribution in [0, 0.1) is 0 Å². The molecule has 3 rings (SSSR count). The Kier molecular flexibility index (Phi) is 7.17. The van der Waals surface area contributed by atoms with Crippen LogP contribution in [-0.2, 0) is 22.6 Å². The molecule has 1 aliphatic heterocycles. The topological polar surface area (TPSA) is 77.1 Å². The van der Waals surface area contributed by atoms with Crippen molar-refractivity contribution < 1.29 is 23.8 Å². The summed E-state index contributed by atoms with van der Waals surface area (Å²) in [4.78, 5) is 27.3. The molecule has 0 saturated carbocycles. The van der Waals surface area contributed by atoms with E-state index in [4.69, 9.17) is 14.2 Å². The van der Waals surface area contributed by atoms with Gasteiger partial charge in [-0.05, 0) is 36.1 Å². The molecule has 0 spiro atoms. The molecule has 2 aromatic carbocycles. The van der Waals surface area contributed by atoms with E-state index in [0.717, 1.165) is 17.5 Å². The highest BCUT2D eigenvalue weighted by Gasteiger charge is 2.33. The van der Waals surface area contributed by atoms with Gasteiger partial charge in [0.05, 0.1) is 27.8 Å². The second kappa shape index (κ2) is 10.0. The molecule has 7 heteroatoms. The minimum atomic E-state index is -0.441. The number of hydrogen-bond donors (Lipinski definition) is 1. The first-order valence-electron chi connectivity index (χ1n) is 9.97. The van der Waals surface area contributed by atoms with Crippen molar-refractivity contribution >= 4 is 11.8 Å². The third-order valence-corrected chi connectivity index (χ3v) is 5.27. The third-order valence-electron chi connectivity index (χ3n) is 5.27. The Morgan fingerprint density at radius 2 is 1.67 bits per heavy atom. The number of carbonyl (C=O) groups excluding carboxylic acids is 2. The lowest BCUT2D eigenvalue weighted by Gasteiger charge is -2.24. The van der Waals surface area contributed by atoms with Crippen LogP contribution in [0.1, 0.15) is 24.0 Å². The number of carbonyl (C=O) groups is 2. The second-order valence-corrected chi connectivity index (χ2v) is 7.16. The third kappa shape index (κ3) is 4.84. The lowest BCUT2D eigenvalue weighted by Crippen LogP contribution is -2.46. The number of methoxy groups -OCH3 is 3. The van der Waals surface area contributed by atoms with Crippen LogP contribution in [0.4, 0.5) is 0 Å². The molecule has 30 heavy (non-hydrogen) atoms. The van der Waals surface area contributed by atoms with Gasteiger partial charge in [0.25, 0.3) is 0 Å². The van der Waals surface area contributed by atoms with Gasteiger partial charge < -0.3 is 24.4 Å². The molecule has 1 atom stereocenters. The fourth-order valence-electron chi connectivity index (χ4n) is 3.75. The molecule has 2 aromatic rings. The fraction of sp³-hybridized carbons (Fsp3) is 0.391. The molecule has 1 aliphatic rings. The standard InChI is InChI=1S/C23H28N2O5/c1-28-19-12-17(13-20(29-2)22(19)30-3)15-24-23(27)18-10-7-11-25(18)21(26)14-16-8-5-4-6-9-16/h4-6,8-9,12-13,18H,7,10-11,14-15H2,1-3H3,(H,24,27). The molecule has 0 bridgehead atoms. The molecule has 160 valence electrons. The van der Waals surface area contributed by atoms with Crippen molar-refractivity contribution in [3.05, 3.63) is 53.6 Å². The first-order valence-corrected chi connectivity index (χ1v) is 9.97. The van der Waals surface area contributed by atoms with Gasteiger partial charge in [0.1, 0.15) is 6.04 Å². The Bertz CT molecular complexity index is 859. The van der Waals surface area contributed by atoms with Crippen molar-refractivity contribution in [3.63, 3.8) is 0 Å². The van der Waals surface area contributed by atoms with E-state index in [9.17, 15) is 9.59 Å². The van der Waals surface area contributed by atoms with Crippen LogP contribution in [0.3, 0.4) is 0 Å². The van der Waals surface area contributed by atoms with E-state index in [2.05, 4.69) is 5.32 Å². The maximum atomic E-state index is 12.8. The van der Waals surface area contributed by atoms with Crippen molar-refractivity contribution in [3.8, 4) is 17.2 Å². The first kappa shape index (κ1) is 21.5. The van der Waals surface area contributed by atoms with Crippen LogP contribution in [0.5, 0.6) is 17.2 Å². The molecular formula is C23H28N2O5. The smallest absolute Gasteiger partial charge is 0.243 e. The zero-order valence-corrected chi connectivity index (χ0v) is 17.6. The zero-order chi connectivity index (χ0) is 21.5. The highest BCUT2D eigenvalue weighted by atomic mass is 16.5. The average Bonchev–Trinajstić information content (AvgIpc) is 3.27. The van der Waals surface area contributed by atoms with Crippen molar-refractivity contribution in [1.82, 2.24) is 10.2 Å². The van der Waals surface area contributed by atoms with Crippen molar-refractivity contribution in [2.24, 2.45) is 0 Å². The number of amides is 2. The van der Waals surface area contributed by atoms with Crippen LogP contribution in [-0.4, -0.2) is 50.6 Å². The molecule has 0 aliphatic carbocycles. The summed E-state index contributed by atoms with van der Waals surface area (Å²) in [5.74, 6) is 1.39. The van der Waals surface area contributed by atoms with Crippen molar-refractivity contribution in [1.29, 1.82) is 0 Å². The molecule has 1 heterocycles. The largest absolute Gasteiger partial charge is 0.493 e. The highest BCUT2D eigenvalue weighted by Crippen LogP contribution is 2.38. The van der Waals surface area contributed by atoms with Crippen LogP contribution >= 0.6 is 0 Å². The van der Waals surface area contributed by atoms with E-state index >= 15 is 0 Å². The Morgan fingerprint density at radius 3 is 2.27 bits per heavy atom. The molecule has 0 aromatic heterocycles. The Morgan fingerprint density at radius 1 is 1.00 bits per heavy atom. The number of nitrogens with zero attached hydrogens (tertiary/aromatic N) is 1. The van der Waals surface area contributed by atoms with E-state index in [1.165, 1.54) is 0 Å². The fourth-order valence-corrected chi connectivity index (χ4v) is 3.75. The van der Waals surface area contributed by atoms with Gasteiger partial charge in [-0.2, -0.15) is 0 Å². The van der Waals surface area contributed by atoms with E-state index in [-0.39, 0.29) is 11.8 Å². The van der Waals surface area contributed by atoms with Gasteiger partial charge in [-0.25, -0.2) is 0 Å². The summed E-state index contributed by atoms with van der Waals surface area (Å²) in [6.07, 6.45) is 1.79. The summed E-state index contributed by atoms with van der Waals surface area (Å²) in [7, 11) is 4.64. The molecule has 0 radical (unpaired) electrons. The molecule has 1 unspecified atom stereocenters. The quantitative estimate of drug-likeness (QED) is 0.721. The summed E-state index contributed by atoms with van der Waals surface area (Å²) in [5, 5.41) is 2.94. The highest BCUT2D eigenvalue weighted by molar-refractivity contribution is 5.89. The predicted octanol–water partition coefficient (Wildman–Crippen LogP) is 2.56. The van der Waals surface area contributed by atoms with Gasteiger partial charge in [-0.1, -0.05) is 30.3 Å². The monoisotopic (exact) mass is 412 g/mol. The van der Waals surface area contributed by atoms with Crippen molar-refractivity contribution in [2.75, 3.05) is 27.9 Å². The molecule has 1 N–H and O–H groups in total. The molecular weight excluding hydrogens is 384 g/mol. The number of rotatable bonds is 8. The average molecular weight is 412 g/mol. The normalized spacial score (nSPS) is 15.6. The Balaban J connectivity index is 1.64.